The molecular formula is C16H19N3O4. The normalized spacial score (nSPS) is 10.4. The van der Waals surface area contributed by atoms with Crippen molar-refractivity contribution >= 4 is 17.3 Å². The van der Waals surface area contributed by atoms with Gasteiger partial charge in [0.05, 0.1) is 17.0 Å². The topological polar surface area (TPSA) is 79.8 Å². The second-order valence-electron chi connectivity index (χ2n) is 5.53. The van der Waals surface area contributed by atoms with Crippen molar-refractivity contribution in [1.29, 1.82) is 0 Å². The molecule has 122 valence electrons. The molecule has 0 fully saturated rings. The van der Waals surface area contributed by atoms with Crippen molar-refractivity contribution in [2.24, 2.45) is 0 Å². The van der Waals surface area contributed by atoms with E-state index in [-0.39, 0.29) is 17.2 Å². The Labute approximate surface area is 134 Å². The number of anilines is 1. The third-order valence-corrected chi connectivity index (χ3v) is 3.44. The lowest BCUT2D eigenvalue weighted by Crippen LogP contribution is -2.28. The predicted molar refractivity (Wildman–Crippen MR) is 86.7 cm³/mol. The number of carbonyl (C=O) groups excluding carboxylic acids is 1. The van der Waals surface area contributed by atoms with Crippen LogP contribution in [0.4, 0.5) is 11.4 Å². The van der Waals surface area contributed by atoms with Crippen molar-refractivity contribution in [1.82, 2.24) is 4.90 Å². The van der Waals surface area contributed by atoms with Gasteiger partial charge in [-0.2, -0.15) is 0 Å². The van der Waals surface area contributed by atoms with Crippen LogP contribution in [0.15, 0.2) is 34.7 Å². The van der Waals surface area contributed by atoms with Gasteiger partial charge in [0.1, 0.15) is 11.5 Å². The van der Waals surface area contributed by atoms with Gasteiger partial charge in [-0.05, 0) is 25.1 Å². The molecule has 2 rings (SSSR count). The first kappa shape index (κ1) is 16.5. The van der Waals surface area contributed by atoms with Crippen LogP contribution in [-0.4, -0.2) is 36.9 Å². The van der Waals surface area contributed by atoms with E-state index in [1.165, 1.54) is 17.0 Å². The van der Waals surface area contributed by atoms with E-state index in [9.17, 15) is 14.9 Å². The molecular weight excluding hydrogens is 298 g/mol. The lowest BCUT2D eigenvalue weighted by Gasteiger charge is -2.21. The second-order valence-corrected chi connectivity index (χ2v) is 5.53. The van der Waals surface area contributed by atoms with E-state index in [1.54, 1.807) is 38.2 Å². The molecule has 0 aliphatic heterocycles. The monoisotopic (exact) mass is 317 g/mol. The Morgan fingerprint density at radius 1 is 1.22 bits per heavy atom. The maximum absolute atomic E-state index is 12.7. The van der Waals surface area contributed by atoms with Gasteiger partial charge in [-0.25, -0.2) is 0 Å². The van der Waals surface area contributed by atoms with Crippen LogP contribution in [0.5, 0.6) is 0 Å². The Bertz CT molecular complexity index is 737. The van der Waals surface area contributed by atoms with E-state index < -0.39 is 4.92 Å². The Balaban J connectivity index is 2.32. The highest BCUT2D eigenvalue weighted by molar-refractivity contribution is 6.00. The summed E-state index contributed by atoms with van der Waals surface area (Å²) < 4.78 is 5.47. The van der Waals surface area contributed by atoms with Crippen molar-refractivity contribution < 1.29 is 14.1 Å². The first-order valence-corrected chi connectivity index (χ1v) is 7.06. The number of carbonyl (C=O) groups is 1. The van der Waals surface area contributed by atoms with Crippen LogP contribution in [0, 0.1) is 17.0 Å². The standard InChI is InChI=1S/C16H19N3O4/c1-11-5-7-13(23-11)10-18(4)16(20)14-9-12(19(21)22)6-8-15(14)17(2)3/h5-9H,10H2,1-4H3. The molecule has 1 aromatic heterocycles. The summed E-state index contributed by atoms with van der Waals surface area (Å²) in [6.45, 7) is 2.12. The molecule has 0 bridgehead atoms. The van der Waals surface area contributed by atoms with Crippen LogP contribution in [0.2, 0.25) is 0 Å². The van der Waals surface area contributed by atoms with Gasteiger partial charge in [-0.3, -0.25) is 14.9 Å². The number of nitro groups is 1. The summed E-state index contributed by atoms with van der Waals surface area (Å²) in [5.41, 5.74) is 0.805. The lowest BCUT2D eigenvalue weighted by atomic mass is 10.1. The number of hydrogen-bond donors (Lipinski definition) is 0. The fraction of sp³-hybridized carbons (Fsp3) is 0.312. The third kappa shape index (κ3) is 3.68. The molecule has 0 saturated heterocycles. The first-order valence-electron chi connectivity index (χ1n) is 7.06. The fourth-order valence-electron chi connectivity index (χ4n) is 2.28. The van der Waals surface area contributed by atoms with Crippen molar-refractivity contribution in [3.63, 3.8) is 0 Å². The zero-order valence-corrected chi connectivity index (χ0v) is 13.6. The number of hydrogen-bond acceptors (Lipinski definition) is 5. The summed E-state index contributed by atoms with van der Waals surface area (Å²) in [5.74, 6) is 1.13. The minimum atomic E-state index is -0.508. The number of aryl methyl sites for hydroxylation is 1. The quantitative estimate of drug-likeness (QED) is 0.626. The third-order valence-electron chi connectivity index (χ3n) is 3.44. The number of furan rings is 1. The van der Waals surface area contributed by atoms with Crippen LogP contribution >= 0.6 is 0 Å². The smallest absolute Gasteiger partial charge is 0.270 e. The summed E-state index contributed by atoms with van der Waals surface area (Å²) >= 11 is 0. The lowest BCUT2D eigenvalue weighted by molar-refractivity contribution is -0.384. The van der Waals surface area contributed by atoms with Crippen molar-refractivity contribution in [3.05, 3.63) is 57.5 Å². The van der Waals surface area contributed by atoms with Crippen molar-refractivity contribution in [2.75, 3.05) is 26.0 Å². The highest BCUT2D eigenvalue weighted by Gasteiger charge is 2.21. The minimum absolute atomic E-state index is 0.110. The Hall–Kier alpha value is -2.83. The number of rotatable bonds is 5. The van der Waals surface area contributed by atoms with Gasteiger partial charge in [0, 0.05) is 39.0 Å². The van der Waals surface area contributed by atoms with E-state index >= 15 is 0 Å². The number of nitrogens with zero attached hydrogens (tertiary/aromatic N) is 3. The second kappa shape index (κ2) is 6.51. The molecule has 1 aromatic carbocycles. The molecule has 2 aromatic rings. The summed E-state index contributed by atoms with van der Waals surface area (Å²) in [6.07, 6.45) is 0. The molecule has 0 unspecified atom stereocenters. The number of non-ortho nitro benzene ring substituents is 1. The van der Waals surface area contributed by atoms with E-state index in [0.717, 1.165) is 5.76 Å². The summed E-state index contributed by atoms with van der Waals surface area (Å²) in [5, 5.41) is 11.0. The van der Waals surface area contributed by atoms with Gasteiger partial charge in [-0.15, -0.1) is 0 Å². The number of amides is 1. The molecule has 0 atom stereocenters. The van der Waals surface area contributed by atoms with Crippen LogP contribution in [0.3, 0.4) is 0 Å². The number of benzene rings is 1. The highest BCUT2D eigenvalue weighted by Crippen LogP contribution is 2.25. The molecule has 0 aliphatic rings. The molecule has 0 radical (unpaired) electrons. The van der Waals surface area contributed by atoms with Crippen molar-refractivity contribution in [2.45, 2.75) is 13.5 Å². The van der Waals surface area contributed by atoms with Crippen LogP contribution in [0.25, 0.3) is 0 Å². The SMILES string of the molecule is Cc1ccc(CN(C)C(=O)c2cc([N+](=O)[O-])ccc2N(C)C)o1. The Morgan fingerprint density at radius 2 is 1.91 bits per heavy atom. The summed E-state index contributed by atoms with van der Waals surface area (Å²) in [6, 6.07) is 7.91. The summed E-state index contributed by atoms with van der Waals surface area (Å²) in [7, 11) is 5.21. The molecule has 0 aliphatic carbocycles. The number of nitro benzene ring substituents is 1. The van der Waals surface area contributed by atoms with Crippen LogP contribution < -0.4 is 4.90 Å². The van der Waals surface area contributed by atoms with Gasteiger partial charge in [0.2, 0.25) is 0 Å². The van der Waals surface area contributed by atoms with Crippen LogP contribution in [-0.2, 0) is 6.54 Å². The maximum Gasteiger partial charge on any atom is 0.270 e. The molecule has 23 heavy (non-hydrogen) atoms. The molecule has 1 heterocycles. The van der Waals surface area contributed by atoms with Crippen molar-refractivity contribution in [3.8, 4) is 0 Å². The molecule has 7 heteroatoms. The van der Waals surface area contributed by atoms with E-state index in [1.807, 2.05) is 13.0 Å². The van der Waals surface area contributed by atoms with Gasteiger partial charge < -0.3 is 14.2 Å². The maximum atomic E-state index is 12.7. The van der Waals surface area contributed by atoms with Gasteiger partial charge in [0.25, 0.3) is 11.6 Å². The fourth-order valence-corrected chi connectivity index (χ4v) is 2.28. The van der Waals surface area contributed by atoms with E-state index in [4.69, 9.17) is 4.42 Å². The zero-order chi connectivity index (χ0) is 17.1. The average molecular weight is 317 g/mol. The predicted octanol–water partition coefficient (Wildman–Crippen LogP) is 2.83. The molecule has 0 spiro atoms. The van der Waals surface area contributed by atoms with Crippen LogP contribution in [0.1, 0.15) is 21.9 Å². The average Bonchev–Trinajstić information content (AvgIpc) is 2.90. The van der Waals surface area contributed by atoms with Gasteiger partial charge in [0.15, 0.2) is 0 Å². The molecule has 1 amide bonds. The largest absolute Gasteiger partial charge is 0.464 e. The highest BCUT2D eigenvalue weighted by atomic mass is 16.6. The molecule has 0 N–H and O–H groups in total. The molecule has 7 nitrogen and oxygen atoms in total. The van der Waals surface area contributed by atoms with Gasteiger partial charge >= 0.3 is 0 Å². The van der Waals surface area contributed by atoms with E-state index in [0.29, 0.717) is 18.0 Å². The van der Waals surface area contributed by atoms with E-state index in [2.05, 4.69) is 0 Å². The minimum Gasteiger partial charge on any atom is -0.464 e. The molecule has 0 saturated carbocycles. The Morgan fingerprint density at radius 3 is 2.43 bits per heavy atom. The Kier molecular flexibility index (Phi) is 4.68. The van der Waals surface area contributed by atoms with Gasteiger partial charge in [-0.1, -0.05) is 0 Å². The first-order chi connectivity index (χ1) is 10.8. The zero-order valence-electron chi connectivity index (χ0n) is 13.6. The summed E-state index contributed by atoms with van der Waals surface area (Å²) in [4.78, 5) is 26.4.